The Labute approximate surface area is 211 Å². The molecule has 4 rings (SSSR count). The lowest BCUT2D eigenvalue weighted by atomic mass is 9.71. The summed E-state index contributed by atoms with van der Waals surface area (Å²) in [5, 5.41) is 3.34. The molecule has 0 amide bonds. The van der Waals surface area contributed by atoms with Crippen LogP contribution in [0.1, 0.15) is 63.0 Å². The van der Waals surface area contributed by atoms with E-state index in [0.717, 1.165) is 11.3 Å². The molecule has 0 saturated heterocycles. The maximum atomic E-state index is 13.8. The zero-order chi connectivity index (χ0) is 26.0. The second-order valence-corrected chi connectivity index (χ2v) is 9.31. The Morgan fingerprint density at radius 3 is 2.36 bits per heavy atom. The van der Waals surface area contributed by atoms with Crippen LogP contribution in [0, 0.1) is 5.82 Å². The summed E-state index contributed by atoms with van der Waals surface area (Å²) < 4.78 is 30.2. The minimum atomic E-state index is -0.628. The molecule has 7 heteroatoms. The Morgan fingerprint density at radius 2 is 1.72 bits per heavy atom. The normalized spacial score (nSPS) is 20.4. The number of hydrogen-bond donors (Lipinski definition) is 1. The van der Waals surface area contributed by atoms with E-state index in [9.17, 15) is 14.0 Å². The molecule has 0 saturated carbocycles. The number of nitrogens with one attached hydrogen (secondary N) is 1. The van der Waals surface area contributed by atoms with Crippen LogP contribution in [0.3, 0.4) is 0 Å². The van der Waals surface area contributed by atoms with Gasteiger partial charge in [0, 0.05) is 29.3 Å². The van der Waals surface area contributed by atoms with E-state index in [0.29, 0.717) is 46.7 Å². The summed E-state index contributed by atoms with van der Waals surface area (Å²) in [6.07, 6.45) is 1.27. The first-order valence-electron chi connectivity index (χ1n) is 12.2. The summed E-state index contributed by atoms with van der Waals surface area (Å²) in [6.45, 7) is 5.59. The molecule has 2 aromatic rings. The highest BCUT2D eigenvalue weighted by atomic mass is 19.1. The first kappa shape index (κ1) is 25.5. The maximum absolute atomic E-state index is 13.8. The van der Waals surface area contributed by atoms with Crippen LogP contribution in [0.5, 0.6) is 11.5 Å². The Balaban J connectivity index is 1.76. The number of dihydropyridines is 1. The van der Waals surface area contributed by atoms with Gasteiger partial charge in [0.25, 0.3) is 0 Å². The van der Waals surface area contributed by atoms with Gasteiger partial charge in [-0.25, -0.2) is 9.18 Å². The predicted molar refractivity (Wildman–Crippen MR) is 134 cm³/mol. The van der Waals surface area contributed by atoms with E-state index >= 15 is 0 Å². The molecule has 2 aromatic carbocycles. The van der Waals surface area contributed by atoms with Crippen molar-refractivity contribution in [2.24, 2.45) is 0 Å². The molecule has 36 heavy (non-hydrogen) atoms. The third-order valence-electron chi connectivity index (χ3n) is 7.01. The number of halogens is 1. The Bertz CT molecular complexity index is 1230. The zero-order valence-electron chi connectivity index (χ0n) is 21.3. The molecule has 0 fully saturated rings. The molecule has 1 N–H and O–H groups in total. The van der Waals surface area contributed by atoms with Gasteiger partial charge in [0.15, 0.2) is 17.3 Å². The van der Waals surface area contributed by atoms with E-state index in [1.807, 2.05) is 39.0 Å². The lowest BCUT2D eigenvalue weighted by Crippen LogP contribution is -2.36. The van der Waals surface area contributed by atoms with Crippen LogP contribution in [0.4, 0.5) is 4.39 Å². The van der Waals surface area contributed by atoms with Gasteiger partial charge < -0.3 is 19.5 Å². The van der Waals surface area contributed by atoms with Crippen molar-refractivity contribution in [2.75, 3.05) is 14.2 Å². The van der Waals surface area contributed by atoms with E-state index < -0.39 is 11.9 Å². The van der Waals surface area contributed by atoms with Gasteiger partial charge in [0.2, 0.25) is 0 Å². The molecule has 0 radical (unpaired) electrons. The lowest BCUT2D eigenvalue weighted by molar-refractivity contribution is -0.144. The fourth-order valence-electron chi connectivity index (χ4n) is 4.97. The van der Waals surface area contributed by atoms with Gasteiger partial charge in [-0.3, -0.25) is 4.79 Å². The van der Waals surface area contributed by atoms with Crippen molar-refractivity contribution in [3.63, 3.8) is 0 Å². The number of ether oxygens (including phenoxy) is 3. The summed E-state index contributed by atoms with van der Waals surface area (Å²) in [4.78, 5) is 27.0. The fourth-order valence-corrected chi connectivity index (χ4v) is 4.97. The molecular weight excluding hydrogens is 461 g/mol. The Kier molecular flexibility index (Phi) is 7.48. The summed E-state index contributed by atoms with van der Waals surface area (Å²) >= 11 is 0. The number of allylic oxidation sites excluding steroid dienone is 3. The van der Waals surface area contributed by atoms with Crippen molar-refractivity contribution in [3.05, 3.63) is 81.9 Å². The van der Waals surface area contributed by atoms with E-state index in [1.165, 1.54) is 12.1 Å². The Morgan fingerprint density at radius 1 is 1.06 bits per heavy atom. The molecule has 2 aliphatic rings. The number of carbonyl (C=O) groups is 2. The van der Waals surface area contributed by atoms with E-state index in [-0.39, 0.29) is 30.0 Å². The highest BCUT2D eigenvalue weighted by molar-refractivity contribution is 6.04. The summed E-state index contributed by atoms with van der Waals surface area (Å²) in [6, 6.07) is 11.7. The smallest absolute Gasteiger partial charge is 0.337 e. The molecule has 0 aromatic heterocycles. The molecule has 3 atom stereocenters. The number of rotatable bonds is 7. The van der Waals surface area contributed by atoms with Gasteiger partial charge >= 0.3 is 5.97 Å². The minimum Gasteiger partial charge on any atom is -0.493 e. The van der Waals surface area contributed by atoms with Gasteiger partial charge in [-0.15, -0.1) is 0 Å². The molecule has 1 heterocycles. The van der Waals surface area contributed by atoms with E-state index in [2.05, 4.69) is 5.32 Å². The SMILES string of the molecule is CC[C@@H](C)OC(=O)C1=C(C)NC2=C(C(=O)C[C@H](c3ccc(OC)c(OC)c3)C2)[C@H]1c1ccc(F)cc1. The number of hydrogen-bond acceptors (Lipinski definition) is 6. The molecule has 0 bridgehead atoms. The number of methoxy groups -OCH3 is 2. The number of esters is 1. The molecular formula is C29H32FNO5. The van der Waals surface area contributed by atoms with Crippen molar-refractivity contribution in [3.8, 4) is 11.5 Å². The predicted octanol–water partition coefficient (Wildman–Crippen LogP) is 5.55. The second-order valence-electron chi connectivity index (χ2n) is 9.31. The van der Waals surface area contributed by atoms with Gasteiger partial charge in [-0.1, -0.05) is 25.1 Å². The van der Waals surface area contributed by atoms with Gasteiger partial charge in [0.1, 0.15) is 5.82 Å². The minimum absolute atomic E-state index is 0.0563. The van der Waals surface area contributed by atoms with Gasteiger partial charge in [-0.05, 0) is 68.0 Å². The first-order chi connectivity index (χ1) is 17.3. The summed E-state index contributed by atoms with van der Waals surface area (Å²) in [5.74, 6) is -0.372. The highest BCUT2D eigenvalue weighted by Gasteiger charge is 2.41. The fraction of sp³-hybridized carbons (Fsp3) is 0.379. The average Bonchev–Trinajstić information content (AvgIpc) is 2.87. The van der Waals surface area contributed by atoms with Crippen LogP contribution in [-0.4, -0.2) is 32.1 Å². The topological polar surface area (TPSA) is 73.9 Å². The van der Waals surface area contributed by atoms with Gasteiger partial charge in [0.05, 0.1) is 25.9 Å². The largest absolute Gasteiger partial charge is 0.493 e. The molecule has 1 aliphatic heterocycles. The summed E-state index contributed by atoms with van der Waals surface area (Å²) in [7, 11) is 3.16. The van der Waals surface area contributed by atoms with Crippen molar-refractivity contribution in [1.82, 2.24) is 5.32 Å². The van der Waals surface area contributed by atoms with Crippen LogP contribution in [0.25, 0.3) is 0 Å². The summed E-state index contributed by atoms with van der Waals surface area (Å²) in [5.41, 5.74) is 3.99. The first-order valence-corrected chi connectivity index (χ1v) is 12.2. The van der Waals surface area contributed by atoms with Crippen molar-refractivity contribution >= 4 is 11.8 Å². The third-order valence-corrected chi connectivity index (χ3v) is 7.01. The van der Waals surface area contributed by atoms with Crippen molar-refractivity contribution in [2.45, 2.75) is 58.0 Å². The van der Waals surface area contributed by atoms with Crippen molar-refractivity contribution < 1.29 is 28.2 Å². The maximum Gasteiger partial charge on any atom is 0.337 e. The quantitative estimate of drug-likeness (QED) is 0.510. The van der Waals surface area contributed by atoms with Crippen molar-refractivity contribution in [1.29, 1.82) is 0 Å². The number of ketones is 1. The number of Topliss-reactive ketones (excluding diaryl/α,β-unsaturated/α-hetero) is 1. The third kappa shape index (κ3) is 4.87. The number of benzene rings is 2. The van der Waals surface area contributed by atoms with Crippen LogP contribution in [-0.2, 0) is 14.3 Å². The van der Waals surface area contributed by atoms with Crippen LogP contribution >= 0.6 is 0 Å². The zero-order valence-corrected chi connectivity index (χ0v) is 21.3. The monoisotopic (exact) mass is 493 g/mol. The van der Waals surface area contributed by atoms with E-state index in [1.54, 1.807) is 26.4 Å². The molecule has 0 unspecified atom stereocenters. The van der Waals surface area contributed by atoms with Crippen LogP contribution < -0.4 is 14.8 Å². The van der Waals surface area contributed by atoms with Crippen LogP contribution in [0.2, 0.25) is 0 Å². The second kappa shape index (κ2) is 10.6. The molecule has 0 spiro atoms. The average molecular weight is 494 g/mol. The number of carbonyl (C=O) groups excluding carboxylic acids is 2. The van der Waals surface area contributed by atoms with Crippen LogP contribution in [0.15, 0.2) is 65.0 Å². The molecule has 190 valence electrons. The van der Waals surface area contributed by atoms with E-state index in [4.69, 9.17) is 14.2 Å². The molecule has 1 aliphatic carbocycles. The highest BCUT2D eigenvalue weighted by Crippen LogP contribution is 2.46. The lowest BCUT2D eigenvalue weighted by Gasteiger charge is -2.37. The van der Waals surface area contributed by atoms with Gasteiger partial charge in [-0.2, -0.15) is 0 Å². The Hall–Kier alpha value is -3.61. The molecule has 6 nitrogen and oxygen atoms in total. The standard InChI is InChI=1S/C29H32FNO5/c1-6-16(2)36-29(33)26-17(3)31-22-13-20(19-9-12-24(34-4)25(15-19)35-5)14-23(32)28(22)27(26)18-7-10-21(30)11-8-18/h7-12,15-16,20,27,31H,6,13-14H2,1-5H3/t16-,20-,27+/m1/s1.